The fraction of sp³-hybridized carbons (Fsp3) is 0.200. The molecule has 0 aliphatic rings. The Morgan fingerprint density at radius 3 is 2.35 bits per heavy atom. The average Bonchev–Trinajstić information content (AvgIpc) is 2.46. The molecule has 124 valence electrons. The third-order valence-electron chi connectivity index (χ3n) is 3.27. The average molecular weight is 405 g/mol. The van der Waals surface area contributed by atoms with Crippen LogP contribution in [0, 0.1) is 11.6 Å². The molecule has 0 fully saturated rings. The molecule has 0 spiro atoms. The Morgan fingerprint density at radius 2 is 1.78 bits per heavy atom. The van der Waals surface area contributed by atoms with Crippen molar-refractivity contribution >= 4 is 26.0 Å². The molecule has 0 heterocycles. The van der Waals surface area contributed by atoms with Gasteiger partial charge in [0.25, 0.3) is 0 Å². The zero-order chi connectivity index (χ0) is 17.2. The summed E-state index contributed by atoms with van der Waals surface area (Å²) in [5.41, 5.74) is 6.77. The van der Waals surface area contributed by atoms with Crippen LogP contribution in [0.3, 0.4) is 0 Å². The highest BCUT2D eigenvalue weighted by atomic mass is 79.9. The minimum atomic E-state index is -4.04. The second kappa shape index (κ2) is 7.04. The van der Waals surface area contributed by atoms with Crippen molar-refractivity contribution in [2.75, 3.05) is 13.6 Å². The van der Waals surface area contributed by atoms with Crippen LogP contribution in [0.25, 0.3) is 0 Å². The van der Waals surface area contributed by atoms with Gasteiger partial charge < -0.3 is 5.73 Å². The highest BCUT2D eigenvalue weighted by molar-refractivity contribution is 9.10. The number of halogens is 3. The van der Waals surface area contributed by atoms with Gasteiger partial charge >= 0.3 is 0 Å². The third kappa shape index (κ3) is 4.35. The molecule has 0 aliphatic carbocycles. The molecule has 0 aliphatic heterocycles. The number of likely N-dealkylation sites (N-methyl/N-ethyl adjacent to an activating group) is 1. The lowest BCUT2D eigenvalue weighted by Gasteiger charge is -2.21. The predicted octanol–water partition coefficient (Wildman–Crippen LogP) is 3.05. The molecule has 0 saturated heterocycles. The Kier molecular flexibility index (Phi) is 5.51. The van der Waals surface area contributed by atoms with E-state index in [4.69, 9.17) is 5.73 Å². The standard InChI is InChI=1S/C15H15BrF2N2O2S/c1-20(9-15(19)10-3-2-4-11(16)5-10)23(21,22)14-7-12(17)6-13(18)8-14/h2-8,15H,9,19H2,1H3/t15-/m1/s1. The van der Waals surface area contributed by atoms with Crippen LogP contribution in [0.2, 0.25) is 0 Å². The van der Waals surface area contributed by atoms with Gasteiger partial charge in [-0.25, -0.2) is 17.2 Å². The smallest absolute Gasteiger partial charge is 0.243 e. The summed E-state index contributed by atoms with van der Waals surface area (Å²) in [4.78, 5) is -0.445. The molecule has 2 N–H and O–H groups in total. The van der Waals surface area contributed by atoms with E-state index in [0.29, 0.717) is 6.07 Å². The predicted molar refractivity (Wildman–Crippen MR) is 87.2 cm³/mol. The molecule has 1 atom stereocenters. The summed E-state index contributed by atoms with van der Waals surface area (Å²) in [6.45, 7) is -0.0308. The molecular formula is C15H15BrF2N2O2S. The Bertz CT molecular complexity index is 795. The lowest BCUT2D eigenvalue weighted by Crippen LogP contribution is -2.34. The van der Waals surface area contributed by atoms with Gasteiger partial charge in [0.15, 0.2) is 0 Å². The summed E-state index contributed by atoms with van der Waals surface area (Å²) in [5.74, 6) is -1.90. The van der Waals surface area contributed by atoms with Gasteiger partial charge in [0.05, 0.1) is 4.90 Å². The molecular weight excluding hydrogens is 390 g/mol. The molecule has 0 radical (unpaired) electrons. The number of benzene rings is 2. The minimum Gasteiger partial charge on any atom is -0.323 e. The van der Waals surface area contributed by atoms with Crippen LogP contribution in [0.5, 0.6) is 0 Å². The Balaban J connectivity index is 2.23. The highest BCUT2D eigenvalue weighted by Crippen LogP contribution is 2.21. The Labute approximate surface area is 142 Å². The molecule has 0 amide bonds. The molecule has 0 aromatic heterocycles. The summed E-state index contributed by atoms with van der Waals surface area (Å²) in [7, 11) is -2.72. The van der Waals surface area contributed by atoms with Crippen molar-refractivity contribution in [2.24, 2.45) is 5.73 Å². The van der Waals surface area contributed by atoms with E-state index in [1.807, 2.05) is 6.07 Å². The van der Waals surface area contributed by atoms with Crippen LogP contribution in [0.1, 0.15) is 11.6 Å². The van der Waals surface area contributed by atoms with Crippen molar-refractivity contribution in [2.45, 2.75) is 10.9 Å². The van der Waals surface area contributed by atoms with Gasteiger partial charge in [0.2, 0.25) is 10.0 Å². The molecule has 0 unspecified atom stereocenters. The van der Waals surface area contributed by atoms with Crippen LogP contribution >= 0.6 is 15.9 Å². The molecule has 8 heteroatoms. The molecule has 0 saturated carbocycles. The van der Waals surface area contributed by atoms with Crippen molar-refractivity contribution in [1.82, 2.24) is 4.31 Å². The van der Waals surface area contributed by atoms with Crippen LogP contribution in [-0.2, 0) is 10.0 Å². The van der Waals surface area contributed by atoms with E-state index in [1.54, 1.807) is 18.2 Å². The summed E-state index contributed by atoms with van der Waals surface area (Å²) in [6.07, 6.45) is 0. The topological polar surface area (TPSA) is 63.4 Å². The van der Waals surface area contributed by atoms with Crippen LogP contribution < -0.4 is 5.73 Å². The molecule has 2 aromatic rings. The Hall–Kier alpha value is -1.35. The third-order valence-corrected chi connectivity index (χ3v) is 5.57. The van der Waals surface area contributed by atoms with Gasteiger partial charge in [0, 0.05) is 30.2 Å². The molecule has 2 rings (SSSR count). The van der Waals surface area contributed by atoms with Crippen molar-refractivity contribution in [3.8, 4) is 0 Å². The fourth-order valence-electron chi connectivity index (χ4n) is 2.08. The maximum absolute atomic E-state index is 13.2. The number of rotatable bonds is 5. The lowest BCUT2D eigenvalue weighted by atomic mass is 10.1. The summed E-state index contributed by atoms with van der Waals surface area (Å²) < 4.78 is 53.1. The summed E-state index contributed by atoms with van der Waals surface area (Å²) >= 11 is 3.32. The van der Waals surface area contributed by atoms with E-state index in [9.17, 15) is 17.2 Å². The maximum Gasteiger partial charge on any atom is 0.243 e. The zero-order valence-electron chi connectivity index (χ0n) is 12.2. The van der Waals surface area contributed by atoms with Gasteiger partial charge in [-0.3, -0.25) is 0 Å². The van der Waals surface area contributed by atoms with E-state index in [-0.39, 0.29) is 6.54 Å². The lowest BCUT2D eigenvalue weighted by molar-refractivity contribution is 0.438. The zero-order valence-corrected chi connectivity index (χ0v) is 14.6. The van der Waals surface area contributed by atoms with Gasteiger partial charge in [-0.1, -0.05) is 28.1 Å². The second-order valence-electron chi connectivity index (χ2n) is 5.05. The minimum absolute atomic E-state index is 0.0308. The van der Waals surface area contributed by atoms with E-state index in [2.05, 4.69) is 15.9 Å². The largest absolute Gasteiger partial charge is 0.323 e. The number of sulfonamides is 1. The van der Waals surface area contributed by atoms with E-state index in [1.165, 1.54) is 7.05 Å². The molecule has 2 aromatic carbocycles. The molecule has 0 bridgehead atoms. The van der Waals surface area contributed by atoms with E-state index >= 15 is 0 Å². The SMILES string of the molecule is CN(C[C@@H](N)c1cccc(Br)c1)S(=O)(=O)c1cc(F)cc(F)c1. The number of hydrogen-bond donors (Lipinski definition) is 1. The second-order valence-corrected chi connectivity index (χ2v) is 8.01. The van der Waals surface area contributed by atoms with E-state index in [0.717, 1.165) is 26.5 Å². The molecule has 23 heavy (non-hydrogen) atoms. The van der Waals surface area contributed by atoms with Gasteiger partial charge in [-0.05, 0) is 29.8 Å². The fourth-order valence-corrected chi connectivity index (χ4v) is 3.73. The summed E-state index contributed by atoms with van der Waals surface area (Å²) in [5, 5.41) is 0. The van der Waals surface area contributed by atoms with Crippen LogP contribution in [0.4, 0.5) is 8.78 Å². The first-order chi connectivity index (χ1) is 10.7. The molecule has 4 nitrogen and oxygen atoms in total. The van der Waals surface area contributed by atoms with Crippen LogP contribution in [-0.4, -0.2) is 26.3 Å². The van der Waals surface area contributed by atoms with Crippen molar-refractivity contribution < 1.29 is 17.2 Å². The van der Waals surface area contributed by atoms with Gasteiger partial charge in [0.1, 0.15) is 11.6 Å². The van der Waals surface area contributed by atoms with Crippen LogP contribution in [0.15, 0.2) is 51.8 Å². The first kappa shape index (κ1) is 18.0. The first-order valence-corrected chi connectivity index (χ1v) is 8.87. The van der Waals surface area contributed by atoms with Crippen molar-refractivity contribution in [3.63, 3.8) is 0 Å². The first-order valence-electron chi connectivity index (χ1n) is 6.63. The highest BCUT2D eigenvalue weighted by Gasteiger charge is 2.24. The van der Waals surface area contributed by atoms with Crippen molar-refractivity contribution in [3.05, 3.63) is 64.1 Å². The van der Waals surface area contributed by atoms with E-state index < -0.39 is 32.6 Å². The quantitative estimate of drug-likeness (QED) is 0.832. The summed E-state index contributed by atoms with van der Waals surface area (Å²) in [6, 6.07) is 8.77. The normalized spacial score (nSPS) is 13.3. The van der Waals surface area contributed by atoms with Gasteiger partial charge in [-0.15, -0.1) is 0 Å². The van der Waals surface area contributed by atoms with Gasteiger partial charge in [-0.2, -0.15) is 4.31 Å². The number of hydrogen-bond acceptors (Lipinski definition) is 3. The van der Waals surface area contributed by atoms with Crippen molar-refractivity contribution in [1.29, 1.82) is 0 Å². The number of nitrogens with two attached hydrogens (primary N) is 1. The monoisotopic (exact) mass is 404 g/mol. The maximum atomic E-state index is 13.2. The Morgan fingerprint density at radius 1 is 1.17 bits per heavy atom. The number of nitrogens with zero attached hydrogens (tertiary/aromatic N) is 1.